The Hall–Kier alpha value is -3.76. The first kappa shape index (κ1) is 19.0. The maximum absolute atomic E-state index is 13.0. The molecular formula is C17H11F3N4O4. The Labute approximate surface area is 154 Å². The Kier molecular flexibility index (Phi) is 4.82. The highest BCUT2D eigenvalue weighted by Gasteiger charge is 2.33. The van der Waals surface area contributed by atoms with Crippen molar-refractivity contribution in [3.8, 4) is 0 Å². The van der Waals surface area contributed by atoms with E-state index in [9.17, 15) is 32.9 Å². The zero-order valence-corrected chi connectivity index (χ0v) is 13.9. The molecule has 1 amide bonds. The monoisotopic (exact) mass is 392 g/mol. The average molecular weight is 392 g/mol. The summed E-state index contributed by atoms with van der Waals surface area (Å²) in [5.41, 5.74) is -2.34. The summed E-state index contributed by atoms with van der Waals surface area (Å²) in [7, 11) is 0. The molecule has 0 bridgehead atoms. The molecule has 1 aromatic heterocycles. The minimum Gasteiger partial charge on any atom is -0.324 e. The van der Waals surface area contributed by atoms with Crippen molar-refractivity contribution < 1.29 is 22.9 Å². The predicted molar refractivity (Wildman–Crippen MR) is 92.7 cm³/mol. The number of alkyl halides is 3. The number of nitro benzene ring substituents is 1. The van der Waals surface area contributed by atoms with Crippen LogP contribution in [0.2, 0.25) is 0 Å². The Morgan fingerprint density at radius 2 is 1.93 bits per heavy atom. The highest BCUT2D eigenvalue weighted by atomic mass is 19.4. The molecular weight excluding hydrogens is 381 g/mol. The van der Waals surface area contributed by atoms with E-state index in [1.54, 1.807) is 0 Å². The number of anilines is 1. The molecule has 3 rings (SSSR count). The summed E-state index contributed by atoms with van der Waals surface area (Å²) in [6.45, 7) is -0.614. The minimum atomic E-state index is -4.66. The van der Waals surface area contributed by atoms with E-state index in [1.807, 2.05) is 0 Å². The van der Waals surface area contributed by atoms with Crippen LogP contribution in [0.4, 0.5) is 24.5 Å². The summed E-state index contributed by atoms with van der Waals surface area (Å²) >= 11 is 0. The molecule has 0 fully saturated rings. The third-order valence-corrected chi connectivity index (χ3v) is 3.84. The summed E-state index contributed by atoms with van der Waals surface area (Å²) in [6, 6.07) is 7.91. The molecule has 8 nitrogen and oxygen atoms in total. The van der Waals surface area contributed by atoms with Crippen LogP contribution in [0.1, 0.15) is 5.56 Å². The van der Waals surface area contributed by atoms with Crippen LogP contribution in [0.3, 0.4) is 0 Å². The summed E-state index contributed by atoms with van der Waals surface area (Å²) in [6.07, 6.45) is -3.62. The van der Waals surface area contributed by atoms with Crippen LogP contribution in [0.25, 0.3) is 10.9 Å². The third-order valence-electron chi connectivity index (χ3n) is 3.84. The third kappa shape index (κ3) is 3.82. The van der Waals surface area contributed by atoms with Crippen LogP contribution < -0.4 is 10.9 Å². The number of carbonyl (C=O) groups excluding carboxylic acids is 1. The number of halogens is 3. The molecule has 0 aliphatic rings. The number of amides is 1. The maximum Gasteiger partial charge on any atom is 0.418 e. The van der Waals surface area contributed by atoms with Gasteiger partial charge in [0.25, 0.3) is 11.2 Å². The van der Waals surface area contributed by atoms with Gasteiger partial charge in [-0.1, -0.05) is 12.1 Å². The van der Waals surface area contributed by atoms with Gasteiger partial charge in [0.1, 0.15) is 6.54 Å². The summed E-state index contributed by atoms with van der Waals surface area (Å²) in [5, 5.41) is 12.9. The van der Waals surface area contributed by atoms with Crippen molar-refractivity contribution in [1.29, 1.82) is 0 Å². The number of nitro groups is 1. The van der Waals surface area contributed by atoms with Crippen molar-refractivity contribution in [2.45, 2.75) is 12.7 Å². The van der Waals surface area contributed by atoms with Gasteiger partial charge in [0.15, 0.2) is 0 Å². The van der Waals surface area contributed by atoms with Crippen LogP contribution in [0.15, 0.2) is 53.6 Å². The highest BCUT2D eigenvalue weighted by Crippen LogP contribution is 2.34. The first-order valence-corrected chi connectivity index (χ1v) is 7.76. The lowest BCUT2D eigenvalue weighted by molar-refractivity contribution is -0.384. The molecule has 28 heavy (non-hydrogen) atoms. The second-order valence-electron chi connectivity index (χ2n) is 5.73. The van der Waals surface area contributed by atoms with E-state index in [0.29, 0.717) is 0 Å². The average Bonchev–Trinajstić information content (AvgIpc) is 2.63. The number of rotatable bonds is 4. The topological polar surface area (TPSA) is 107 Å². The van der Waals surface area contributed by atoms with Crippen molar-refractivity contribution in [2.75, 3.05) is 5.32 Å². The lowest BCUT2D eigenvalue weighted by Gasteiger charge is -2.14. The normalized spacial score (nSPS) is 11.4. The molecule has 0 atom stereocenters. The van der Waals surface area contributed by atoms with E-state index in [1.165, 1.54) is 24.3 Å². The van der Waals surface area contributed by atoms with Crippen molar-refractivity contribution >= 4 is 28.2 Å². The Morgan fingerprint density at radius 1 is 1.21 bits per heavy atom. The SMILES string of the molecule is O=C(Cn1cnc2ccc([N+](=O)[O-])cc2c1=O)Nc1ccccc1C(F)(F)F. The van der Waals surface area contributed by atoms with Crippen LogP contribution in [-0.2, 0) is 17.5 Å². The minimum absolute atomic E-state index is 0.0832. The number of nitrogens with one attached hydrogen (secondary N) is 1. The number of fused-ring (bicyclic) bond motifs is 1. The van der Waals surface area contributed by atoms with Gasteiger partial charge in [-0.2, -0.15) is 13.2 Å². The Morgan fingerprint density at radius 3 is 2.61 bits per heavy atom. The molecule has 0 aliphatic heterocycles. The second-order valence-corrected chi connectivity index (χ2v) is 5.73. The van der Waals surface area contributed by atoms with Crippen molar-refractivity contribution in [3.63, 3.8) is 0 Å². The van der Waals surface area contributed by atoms with Crippen molar-refractivity contribution in [1.82, 2.24) is 9.55 Å². The van der Waals surface area contributed by atoms with Gasteiger partial charge in [-0.15, -0.1) is 0 Å². The number of aromatic nitrogens is 2. The molecule has 0 saturated carbocycles. The summed E-state index contributed by atoms with van der Waals surface area (Å²) in [4.78, 5) is 38.7. The predicted octanol–water partition coefficient (Wildman–Crippen LogP) is 2.96. The Bertz CT molecular complexity index is 1140. The highest BCUT2D eigenvalue weighted by molar-refractivity contribution is 5.91. The largest absolute Gasteiger partial charge is 0.418 e. The molecule has 0 spiro atoms. The lowest BCUT2D eigenvalue weighted by Crippen LogP contribution is -2.28. The van der Waals surface area contributed by atoms with E-state index in [-0.39, 0.29) is 16.6 Å². The molecule has 2 aromatic carbocycles. The molecule has 144 valence electrons. The lowest BCUT2D eigenvalue weighted by atomic mass is 10.1. The number of para-hydroxylation sites is 1. The molecule has 1 N–H and O–H groups in total. The molecule has 0 aliphatic carbocycles. The first-order chi connectivity index (χ1) is 13.2. The molecule has 0 unspecified atom stereocenters. The van der Waals surface area contributed by atoms with Gasteiger partial charge in [0.05, 0.1) is 33.4 Å². The van der Waals surface area contributed by atoms with Gasteiger partial charge < -0.3 is 5.32 Å². The standard InChI is InChI=1S/C17H11F3N4O4/c18-17(19,20)12-3-1-2-4-14(12)22-15(25)8-23-9-21-13-6-5-10(24(27)28)7-11(13)16(23)26/h1-7,9H,8H2,(H,22,25). The zero-order valence-electron chi connectivity index (χ0n) is 13.9. The van der Waals surface area contributed by atoms with Crippen molar-refractivity contribution in [2.24, 2.45) is 0 Å². The number of non-ortho nitro benzene ring substituents is 1. The van der Waals surface area contributed by atoms with Gasteiger partial charge in [0, 0.05) is 12.1 Å². The van der Waals surface area contributed by atoms with E-state index in [2.05, 4.69) is 10.3 Å². The van der Waals surface area contributed by atoms with Crippen LogP contribution in [0, 0.1) is 10.1 Å². The fourth-order valence-corrected chi connectivity index (χ4v) is 2.56. The van der Waals surface area contributed by atoms with E-state index < -0.39 is 40.4 Å². The van der Waals surface area contributed by atoms with Gasteiger partial charge >= 0.3 is 6.18 Å². The number of nitrogens with zero attached hydrogens (tertiary/aromatic N) is 3. The van der Waals surface area contributed by atoms with Crippen LogP contribution >= 0.6 is 0 Å². The molecule has 0 saturated heterocycles. The molecule has 11 heteroatoms. The fourth-order valence-electron chi connectivity index (χ4n) is 2.56. The fraction of sp³-hybridized carbons (Fsp3) is 0.118. The van der Waals surface area contributed by atoms with E-state index in [4.69, 9.17) is 0 Å². The quantitative estimate of drug-likeness (QED) is 0.543. The number of benzene rings is 2. The summed E-state index contributed by atoms with van der Waals surface area (Å²) < 4.78 is 39.8. The number of hydrogen-bond donors (Lipinski definition) is 1. The van der Waals surface area contributed by atoms with Crippen molar-refractivity contribution in [3.05, 3.63) is 74.8 Å². The van der Waals surface area contributed by atoms with E-state index >= 15 is 0 Å². The second kappa shape index (κ2) is 7.10. The smallest absolute Gasteiger partial charge is 0.324 e. The molecule has 3 aromatic rings. The summed E-state index contributed by atoms with van der Waals surface area (Å²) in [5.74, 6) is -0.884. The van der Waals surface area contributed by atoms with Crippen LogP contribution in [-0.4, -0.2) is 20.4 Å². The van der Waals surface area contributed by atoms with Crippen LogP contribution in [0.5, 0.6) is 0 Å². The van der Waals surface area contributed by atoms with E-state index in [0.717, 1.165) is 29.1 Å². The maximum atomic E-state index is 13.0. The zero-order chi connectivity index (χ0) is 20.5. The first-order valence-electron chi connectivity index (χ1n) is 7.76. The molecule has 1 heterocycles. The Balaban J connectivity index is 1.89. The van der Waals surface area contributed by atoms with Gasteiger partial charge in [-0.25, -0.2) is 4.98 Å². The number of carbonyl (C=O) groups is 1. The van der Waals surface area contributed by atoms with Gasteiger partial charge in [-0.3, -0.25) is 24.3 Å². The number of hydrogen-bond acceptors (Lipinski definition) is 5. The van der Waals surface area contributed by atoms with Gasteiger partial charge in [0.2, 0.25) is 5.91 Å². The molecule has 0 radical (unpaired) electrons. The van der Waals surface area contributed by atoms with Gasteiger partial charge in [-0.05, 0) is 18.2 Å².